The van der Waals surface area contributed by atoms with Crippen LogP contribution in [0.15, 0.2) is 47.6 Å². The zero-order valence-electron chi connectivity index (χ0n) is 30.0. The molecule has 12 nitrogen and oxygen atoms in total. The van der Waals surface area contributed by atoms with Gasteiger partial charge in [0, 0.05) is 29.5 Å². The summed E-state index contributed by atoms with van der Waals surface area (Å²) in [6.45, 7) is 12.6. The Hall–Kier alpha value is -3.64. The van der Waals surface area contributed by atoms with E-state index >= 15 is 0 Å². The van der Waals surface area contributed by atoms with Crippen LogP contribution in [0.5, 0.6) is 0 Å². The number of hydrogen-bond acceptors (Lipinski definition) is 8. The molecule has 4 N–H and O–H groups in total. The lowest BCUT2D eigenvalue weighted by atomic mass is 9.75. The average molecular weight is 711 g/mol. The third kappa shape index (κ3) is 8.38. The van der Waals surface area contributed by atoms with Crippen molar-refractivity contribution in [3.8, 4) is 0 Å². The van der Waals surface area contributed by atoms with Crippen molar-refractivity contribution in [2.45, 2.75) is 151 Å². The minimum atomic E-state index is -1.09. The predicted molar refractivity (Wildman–Crippen MR) is 187 cm³/mol. The highest BCUT2D eigenvalue weighted by Gasteiger charge is 2.62. The van der Waals surface area contributed by atoms with E-state index in [-0.39, 0.29) is 59.4 Å². The van der Waals surface area contributed by atoms with Gasteiger partial charge in [0.15, 0.2) is 0 Å². The molecule has 51 heavy (non-hydrogen) atoms. The molecule has 0 spiro atoms. The smallest absolute Gasteiger partial charge is 0.405 e. The van der Waals surface area contributed by atoms with Gasteiger partial charge in [-0.15, -0.1) is 0 Å². The lowest BCUT2D eigenvalue weighted by Crippen LogP contribution is -2.48. The highest BCUT2D eigenvalue weighted by molar-refractivity contribution is 5.91. The summed E-state index contributed by atoms with van der Waals surface area (Å²) in [4.78, 5) is 48.7. The summed E-state index contributed by atoms with van der Waals surface area (Å²) in [5.41, 5.74) is 1.63. The van der Waals surface area contributed by atoms with Gasteiger partial charge in [-0.2, -0.15) is 0 Å². The Balaban J connectivity index is 1.25. The van der Waals surface area contributed by atoms with Crippen LogP contribution in [0.1, 0.15) is 110 Å². The van der Waals surface area contributed by atoms with E-state index in [0.29, 0.717) is 69.1 Å². The van der Waals surface area contributed by atoms with Crippen molar-refractivity contribution in [2.24, 2.45) is 11.8 Å². The van der Waals surface area contributed by atoms with Gasteiger partial charge in [-0.25, -0.2) is 19.2 Å². The number of allylic oxidation sites excluding steroid dienone is 2. The highest BCUT2D eigenvalue weighted by Crippen LogP contribution is 2.52. The van der Waals surface area contributed by atoms with E-state index in [1.54, 1.807) is 0 Å². The molecule has 2 amide bonds. The standard InChI is InChI=1S/C39H54N2O10/c1-23-27-15-13-25(11-9-17-37(3)31(50-37)29(27)48-33(23)42)21-39(41-36(46)47,19-7-5-6-8-20-40-35(44)45)22-26-12-10-18-38(4)32(51-38)30-28(16-14-26)24(2)34(43)49-30/h11-12,27-32,40-41H,1-2,5-10,13-22H2,3-4H3,(H,44,45)(H,46,47)/b25-11+,26-12+/t27-,28-,29-,30-,31-,32-,37+,38+/m0/s1. The van der Waals surface area contributed by atoms with Crippen LogP contribution in [0.25, 0.3) is 0 Å². The molecular formula is C39H54N2O10. The quantitative estimate of drug-likeness (QED) is 0.0575. The van der Waals surface area contributed by atoms with Crippen LogP contribution in [0.4, 0.5) is 9.59 Å². The maximum absolute atomic E-state index is 12.6. The summed E-state index contributed by atoms with van der Waals surface area (Å²) in [7, 11) is 0. The number of hydrogen-bond donors (Lipinski definition) is 4. The van der Waals surface area contributed by atoms with Crippen molar-refractivity contribution in [3.63, 3.8) is 0 Å². The van der Waals surface area contributed by atoms with Crippen LogP contribution >= 0.6 is 0 Å². The first-order valence-corrected chi connectivity index (χ1v) is 18.7. The molecule has 12 heteroatoms. The molecule has 0 unspecified atom stereocenters. The fourth-order valence-corrected chi connectivity index (χ4v) is 9.18. The predicted octanol–water partition coefficient (Wildman–Crippen LogP) is 6.50. The monoisotopic (exact) mass is 710 g/mol. The molecule has 0 bridgehead atoms. The summed E-state index contributed by atoms with van der Waals surface area (Å²) >= 11 is 0. The van der Waals surface area contributed by atoms with Crippen LogP contribution < -0.4 is 10.6 Å². The Morgan fingerprint density at radius 1 is 0.804 bits per heavy atom. The second-order valence-corrected chi connectivity index (χ2v) is 16.0. The Morgan fingerprint density at radius 2 is 1.29 bits per heavy atom. The second kappa shape index (κ2) is 14.8. The zero-order valence-corrected chi connectivity index (χ0v) is 30.0. The summed E-state index contributed by atoms with van der Waals surface area (Å²) < 4.78 is 23.8. The van der Waals surface area contributed by atoms with Crippen LogP contribution in [0.3, 0.4) is 0 Å². The van der Waals surface area contributed by atoms with Crippen molar-refractivity contribution >= 4 is 24.1 Å². The first-order valence-electron chi connectivity index (χ1n) is 18.7. The number of esters is 2. The molecular weight excluding hydrogens is 656 g/mol. The number of nitrogens with one attached hydrogen (secondary N) is 2. The van der Waals surface area contributed by atoms with Crippen LogP contribution in [-0.4, -0.2) is 82.0 Å². The Bertz CT molecular complexity index is 1420. The van der Waals surface area contributed by atoms with Gasteiger partial charge in [-0.3, -0.25) is 0 Å². The van der Waals surface area contributed by atoms with E-state index in [1.165, 1.54) is 0 Å². The minimum absolute atomic E-state index is 0.145. The molecule has 4 aliphatic heterocycles. The average Bonchev–Trinajstić information content (AvgIpc) is 3.87. The zero-order chi connectivity index (χ0) is 36.6. The van der Waals surface area contributed by atoms with E-state index in [1.807, 2.05) is 0 Å². The molecule has 2 aliphatic carbocycles. The number of unbranched alkanes of at least 4 members (excludes halogenated alkanes) is 3. The van der Waals surface area contributed by atoms with Crippen molar-refractivity contribution < 1.29 is 48.3 Å². The minimum Gasteiger partial charge on any atom is -0.465 e. The molecule has 6 rings (SSSR count). The van der Waals surface area contributed by atoms with E-state index in [2.05, 4.69) is 49.8 Å². The molecule has 0 aromatic rings. The van der Waals surface area contributed by atoms with Crippen molar-refractivity contribution in [3.05, 3.63) is 47.6 Å². The van der Waals surface area contributed by atoms with Gasteiger partial charge in [-0.1, -0.05) is 55.7 Å². The van der Waals surface area contributed by atoms with Gasteiger partial charge >= 0.3 is 24.1 Å². The van der Waals surface area contributed by atoms with Crippen molar-refractivity contribution in [2.75, 3.05) is 6.54 Å². The lowest BCUT2D eigenvalue weighted by molar-refractivity contribution is -0.140. The fourth-order valence-electron chi connectivity index (χ4n) is 9.18. The first-order chi connectivity index (χ1) is 24.2. The number of carbonyl (C=O) groups excluding carboxylic acids is 2. The second-order valence-electron chi connectivity index (χ2n) is 16.0. The lowest BCUT2D eigenvalue weighted by Gasteiger charge is -2.37. The highest BCUT2D eigenvalue weighted by atomic mass is 16.7. The third-order valence-corrected chi connectivity index (χ3v) is 12.2. The number of amides is 2. The maximum atomic E-state index is 12.6. The summed E-state index contributed by atoms with van der Waals surface area (Å²) in [6.07, 6.45) is 11.7. The Morgan fingerprint density at radius 3 is 1.76 bits per heavy atom. The molecule has 4 fully saturated rings. The topological polar surface area (TPSA) is 176 Å². The summed E-state index contributed by atoms with van der Waals surface area (Å²) in [6, 6.07) is 0. The fraction of sp³-hybridized carbons (Fsp3) is 0.692. The molecule has 4 heterocycles. The summed E-state index contributed by atoms with van der Waals surface area (Å²) in [5.74, 6) is -1.07. The van der Waals surface area contributed by atoms with Gasteiger partial charge in [0.2, 0.25) is 0 Å². The number of carbonyl (C=O) groups is 4. The number of epoxide rings is 2. The van der Waals surface area contributed by atoms with E-state index < -0.39 is 17.7 Å². The van der Waals surface area contributed by atoms with Crippen LogP contribution in [0, 0.1) is 11.8 Å². The maximum Gasteiger partial charge on any atom is 0.405 e. The van der Waals surface area contributed by atoms with Crippen molar-refractivity contribution in [1.29, 1.82) is 0 Å². The molecule has 0 saturated carbocycles. The molecule has 0 radical (unpaired) electrons. The molecule has 8 atom stereocenters. The van der Waals surface area contributed by atoms with Gasteiger partial charge in [0.05, 0.1) is 16.7 Å². The SMILES string of the molecule is C=C1C(=O)O[C@H]2[C@H]1CC/C(CC(CCCCCCNC(=O)O)(C/C1=C/CC[C@@]3(C)O[C@H]3[C@H]3OC(=O)C(=C)[C@@H]3CC1)NC(=O)O)=C\CC[C@@]1(C)O[C@@H]21. The Kier molecular flexibility index (Phi) is 10.8. The van der Waals surface area contributed by atoms with Crippen molar-refractivity contribution in [1.82, 2.24) is 10.6 Å². The summed E-state index contributed by atoms with van der Waals surface area (Å²) in [5, 5.41) is 24.7. The molecule has 280 valence electrons. The normalized spacial score (nSPS) is 37.7. The van der Waals surface area contributed by atoms with Gasteiger partial charge < -0.3 is 39.8 Å². The number of carboxylic acid groups (broad SMARTS) is 2. The molecule has 0 aromatic carbocycles. The van der Waals surface area contributed by atoms with E-state index in [4.69, 9.17) is 24.1 Å². The first kappa shape index (κ1) is 37.1. The van der Waals surface area contributed by atoms with Crippen LogP contribution in [-0.2, 0) is 28.5 Å². The molecule has 0 aromatic heterocycles. The number of fused-ring (bicyclic) bond motifs is 6. The van der Waals surface area contributed by atoms with Gasteiger partial charge in [0.25, 0.3) is 0 Å². The number of ether oxygens (including phenoxy) is 4. The molecule has 6 aliphatic rings. The van der Waals surface area contributed by atoms with E-state index in [0.717, 1.165) is 56.1 Å². The Labute approximate surface area is 300 Å². The number of rotatable bonds is 12. The molecule has 4 saturated heterocycles. The van der Waals surface area contributed by atoms with Crippen LogP contribution in [0.2, 0.25) is 0 Å². The third-order valence-electron chi connectivity index (χ3n) is 12.2. The largest absolute Gasteiger partial charge is 0.465 e. The van der Waals surface area contributed by atoms with Gasteiger partial charge in [0.1, 0.15) is 24.4 Å². The van der Waals surface area contributed by atoms with E-state index in [9.17, 15) is 24.3 Å². The van der Waals surface area contributed by atoms with Gasteiger partial charge in [-0.05, 0) is 90.9 Å².